The third kappa shape index (κ3) is 1.52. The van der Waals surface area contributed by atoms with Crippen molar-refractivity contribution in [3.63, 3.8) is 0 Å². The van der Waals surface area contributed by atoms with E-state index in [9.17, 15) is 9.59 Å². The van der Waals surface area contributed by atoms with Crippen molar-refractivity contribution in [1.29, 1.82) is 0 Å². The number of nitrogens with two attached hydrogens (primary N) is 1. The maximum atomic E-state index is 11.7. The Morgan fingerprint density at radius 1 is 1.22 bits per heavy atom. The lowest BCUT2D eigenvalue weighted by Gasteiger charge is -2.05. The van der Waals surface area contributed by atoms with E-state index in [0.717, 1.165) is 4.47 Å². The minimum atomic E-state index is -0.601. The molecule has 0 unspecified atom stereocenters. The minimum absolute atomic E-state index is 0.191. The van der Waals surface area contributed by atoms with Crippen LogP contribution in [0, 0.1) is 0 Å². The second-order valence-electron chi connectivity index (χ2n) is 3.82. The number of anilines is 1. The van der Waals surface area contributed by atoms with Crippen molar-refractivity contribution in [2.45, 2.75) is 0 Å². The van der Waals surface area contributed by atoms with E-state index in [-0.39, 0.29) is 11.0 Å². The van der Waals surface area contributed by atoms with E-state index >= 15 is 0 Å². The summed E-state index contributed by atoms with van der Waals surface area (Å²) in [7, 11) is 0. The molecule has 6 nitrogen and oxygen atoms in total. The fraction of sp³-hybridized carbons (Fsp3) is 0. The Morgan fingerprint density at radius 3 is 2.78 bits per heavy atom. The van der Waals surface area contributed by atoms with E-state index in [4.69, 9.17) is 5.73 Å². The average Bonchev–Trinajstić information content (AvgIpc) is 2.29. The van der Waals surface area contributed by atoms with Gasteiger partial charge in [0.2, 0.25) is 0 Å². The van der Waals surface area contributed by atoms with Gasteiger partial charge in [-0.1, -0.05) is 15.9 Å². The number of H-pyrrole nitrogens is 2. The van der Waals surface area contributed by atoms with E-state index in [1.54, 1.807) is 12.1 Å². The number of fused-ring (bicyclic) bond motifs is 2. The number of halogens is 1. The Morgan fingerprint density at radius 2 is 2.00 bits per heavy atom. The van der Waals surface area contributed by atoms with Crippen LogP contribution in [0.5, 0.6) is 0 Å². The highest BCUT2D eigenvalue weighted by Crippen LogP contribution is 2.27. The molecule has 0 saturated carbocycles. The molecule has 1 aromatic carbocycles. The quantitative estimate of drug-likeness (QED) is 0.541. The van der Waals surface area contributed by atoms with Crippen LogP contribution in [0.1, 0.15) is 0 Å². The van der Waals surface area contributed by atoms with Gasteiger partial charge in [-0.25, -0.2) is 9.78 Å². The van der Waals surface area contributed by atoms with Crippen LogP contribution in [-0.2, 0) is 0 Å². The van der Waals surface area contributed by atoms with Gasteiger partial charge in [-0.05, 0) is 18.2 Å². The highest BCUT2D eigenvalue weighted by atomic mass is 79.9. The summed E-state index contributed by atoms with van der Waals surface area (Å²) >= 11 is 3.33. The van der Waals surface area contributed by atoms with E-state index < -0.39 is 11.2 Å². The molecule has 0 atom stereocenters. The molecule has 2 aromatic heterocycles. The molecule has 0 saturated heterocycles. The van der Waals surface area contributed by atoms with Crippen LogP contribution >= 0.6 is 15.9 Å². The number of aromatic nitrogens is 3. The average molecular weight is 307 g/mol. The third-order valence-corrected chi connectivity index (χ3v) is 3.17. The smallest absolute Gasteiger partial charge is 0.327 e. The first-order valence-corrected chi connectivity index (χ1v) is 5.86. The molecule has 3 rings (SSSR count). The molecule has 0 bridgehead atoms. The number of nitrogens with one attached hydrogen (secondary N) is 2. The van der Waals surface area contributed by atoms with Crippen LogP contribution in [0.3, 0.4) is 0 Å². The molecular weight excluding hydrogens is 300 g/mol. The Balaban J connectivity index is 2.65. The molecule has 0 amide bonds. The number of nitrogen functional groups attached to an aromatic ring is 1. The van der Waals surface area contributed by atoms with Gasteiger partial charge in [-0.3, -0.25) is 14.8 Å². The van der Waals surface area contributed by atoms with Gasteiger partial charge >= 0.3 is 5.69 Å². The first-order chi connectivity index (χ1) is 8.56. The fourth-order valence-electron chi connectivity index (χ4n) is 1.88. The van der Waals surface area contributed by atoms with Crippen molar-refractivity contribution in [2.75, 3.05) is 5.73 Å². The van der Waals surface area contributed by atoms with Crippen LogP contribution in [0.2, 0.25) is 0 Å². The molecule has 3 aromatic rings. The Hall–Kier alpha value is -2.15. The van der Waals surface area contributed by atoms with E-state index in [2.05, 4.69) is 30.9 Å². The SMILES string of the molecule is Nc1c2cc(Br)ccc2nc2[nH]c(=O)[nH]c(=O)c12. The van der Waals surface area contributed by atoms with Gasteiger partial charge in [0.25, 0.3) is 5.56 Å². The van der Waals surface area contributed by atoms with Crippen LogP contribution in [0.25, 0.3) is 21.9 Å². The predicted molar refractivity (Wildman–Crippen MR) is 72.6 cm³/mol. The largest absolute Gasteiger partial charge is 0.397 e. The van der Waals surface area contributed by atoms with Gasteiger partial charge < -0.3 is 5.73 Å². The number of rotatable bonds is 0. The van der Waals surface area contributed by atoms with E-state index in [1.807, 2.05) is 6.07 Å². The molecule has 0 radical (unpaired) electrons. The number of nitrogens with zero attached hydrogens (tertiary/aromatic N) is 1. The van der Waals surface area contributed by atoms with Crippen molar-refractivity contribution in [2.24, 2.45) is 0 Å². The van der Waals surface area contributed by atoms with Crippen LogP contribution in [0.4, 0.5) is 5.69 Å². The maximum absolute atomic E-state index is 11.7. The number of aromatic amines is 2. The highest BCUT2D eigenvalue weighted by Gasteiger charge is 2.10. The first kappa shape index (κ1) is 11.0. The molecule has 2 heterocycles. The zero-order valence-corrected chi connectivity index (χ0v) is 10.5. The van der Waals surface area contributed by atoms with Gasteiger partial charge in [-0.2, -0.15) is 0 Å². The number of benzene rings is 1. The van der Waals surface area contributed by atoms with E-state index in [1.165, 1.54) is 0 Å². The van der Waals surface area contributed by atoms with Crippen LogP contribution in [0.15, 0.2) is 32.3 Å². The fourth-order valence-corrected chi connectivity index (χ4v) is 2.25. The lowest BCUT2D eigenvalue weighted by molar-refractivity contribution is 1.07. The van der Waals surface area contributed by atoms with Gasteiger partial charge in [0.05, 0.1) is 11.2 Å². The first-order valence-electron chi connectivity index (χ1n) is 5.07. The Kier molecular flexibility index (Phi) is 2.24. The van der Waals surface area contributed by atoms with Gasteiger partial charge in [0.15, 0.2) is 0 Å². The lowest BCUT2D eigenvalue weighted by Crippen LogP contribution is -2.23. The standard InChI is InChI=1S/C11H7BrN4O2/c12-4-1-2-6-5(3-4)8(13)7-9(14-6)15-11(18)16-10(7)17/h1-3H,(H4,13,14,15,16,17,18). The van der Waals surface area contributed by atoms with Crippen molar-refractivity contribution < 1.29 is 0 Å². The second kappa shape index (κ2) is 3.67. The summed E-state index contributed by atoms with van der Waals surface area (Å²) < 4.78 is 0.837. The second-order valence-corrected chi connectivity index (χ2v) is 4.73. The van der Waals surface area contributed by atoms with Gasteiger partial charge in [-0.15, -0.1) is 0 Å². The predicted octanol–water partition coefficient (Wildman–Crippen LogP) is 1.11. The molecule has 7 heteroatoms. The molecule has 0 aliphatic heterocycles. The van der Waals surface area contributed by atoms with Crippen molar-refractivity contribution in [3.8, 4) is 0 Å². The highest BCUT2D eigenvalue weighted by molar-refractivity contribution is 9.10. The molecule has 18 heavy (non-hydrogen) atoms. The van der Waals surface area contributed by atoms with Gasteiger partial charge in [0.1, 0.15) is 11.0 Å². The summed E-state index contributed by atoms with van der Waals surface area (Å²) in [6.45, 7) is 0. The number of pyridine rings is 1. The zero-order chi connectivity index (χ0) is 12.9. The molecule has 0 spiro atoms. The monoisotopic (exact) mass is 306 g/mol. The molecule has 0 fully saturated rings. The van der Waals surface area contributed by atoms with E-state index in [0.29, 0.717) is 16.6 Å². The molecule has 90 valence electrons. The zero-order valence-electron chi connectivity index (χ0n) is 8.95. The minimum Gasteiger partial charge on any atom is -0.397 e. The molecule has 0 aliphatic rings. The van der Waals surface area contributed by atoms with Crippen LogP contribution in [-0.4, -0.2) is 15.0 Å². The normalized spacial score (nSPS) is 11.2. The Labute approximate surface area is 108 Å². The van der Waals surface area contributed by atoms with Crippen molar-refractivity contribution in [3.05, 3.63) is 43.5 Å². The lowest BCUT2D eigenvalue weighted by atomic mass is 10.1. The Bertz CT molecular complexity index is 897. The summed E-state index contributed by atoms with van der Waals surface area (Å²) in [5.41, 5.74) is 5.94. The summed E-state index contributed by atoms with van der Waals surface area (Å²) in [5, 5.41) is 0.856. The third-order valence-electron chi connectivity index (χ3n) is 2.67. The summed E-state index contributed by atoms with van der Waals surface area (Å²) in [4.78, 5) is 31.8. The van der Waals surface area contributed by atoms with Crippen molar-refractivity contribution in [1.82, 2.24) is 15.0 Å². The number of hydrogen-bond acceptors (Lipinski definition) is 4. The summed E-state index contributed by atoms with van der Waals surface area (Å²) in [5.74, 6) is 0. The summed E-state index contributed by atoms with van der Waals surface area (Å²) in [6.07, 6.45) is 0. The number of hydrogen-bond donors (Lipinski definition) is 3. The molecule has 4 N–H and O–H groups in total. The molecule has 0 aliphatic carbocycles. The van der Waals surface area contributed by atoms with Crippen LogP contribution < -0.4 is 17.0 Å². The summed E-state index contributed by atoms with van der Waals surface area (Å²) in [6, 6.07) is 5.35. The topological polar surface area (TPSA) is 105 Å². The molecular formula is C11H7BrN4O2. The van der Waals surface area contributed by atoms with Gasteiger partial charge in [0, 0.05) is 9.86 Å². The maximum Gasteiger partial charge on any atom is 0.327 e. The van der Waals surface area contributed by atoms with Crippen molar-refractivity contribution >= 4 is 43.6 Å².